The summed E-state index contributed by atoms with van der Waals surface area (Å²) < 4.78 is 23.4. The van der Waals surface area contributed by atoms with E-state index in [1.165, 1.54) is 42.5 Å². The molecule has 0 unspecified atom stereocenters. The topological polar surface area (TPSA) is 72.6 Å². The lowest BCUT2D eigenvalue weighted by atomic mass is 10.2. The Morgan fingerprint density at radius 3 is 2.65 bits per heavy atom. The number of rotatable bonds is 3. The van der Waals surface area contributed by atoms with Gasteiger partial charge in [0.25, 0.3) is 0 Å². The van der Waals surface area contributed by atoms with E-state index in [0.717, 1.165) is 0 Å². The molecule has 0 atom stereocenters. The van der Waals surface area contributed by atoms with E-state index in [9.17, 15) is 9.18 Å². The number of aromatic nitrogens is 1. The van der Waals surface area contributed by atoms with Crippen molar-refractivity contribution in [1.29, 1.82) is 0 Å². The molecule has 0 aliphatic heterocycles. The lowest BCUT2D eigenvalue weighted by Gasteiger charge is -1.98. The summed E-state index contributed by atoms with van der Waals surface area (Å²) in [5.41, 5.74) is 0.885. The summed E-state index contributed by atoms with van der Waals surface area (Å²) in [5.74, 6) is -1.05. The number of oxazole rings is 1. The third-order valence-electron chi connectivity index (χ3n) is 2.63. The molecule has 1 aromatic heterocycles. The Labute approximate surface area is 112 Å². The fourth-order valence-corrected chi connectivity index (χ4v) is 1.68. The van der Waals surface area contributed by atoms with Crippen molar-refractivity contribution in [2.24, 2.45) is 0 Å². The van der Waals surface area contributed by atoms with Gasteiger partial charge in [-0.2, -0.15) is 4.98 Å². The van der Waals surface area contributed by atoms with Crippen LogP contribution in [0.2, 0.25) is 0 Å². The molecular formula is C14H8FNO4. The van der Waals surface area contributed by atoms with Crippen molar-refractivity contribution in [2.45, 2.75) is 0 Å². The van der Waals surface area contributed by atoms with Crippen LogP contribution in [0.5, 0.6) is 11.8 Å². The van der Waals surface area contributed by atoms with Crippen LogP contribution in [0.15, 0.2) is 46.9 Å². The van der Waals surface area contributed by atoms with Gasteiger partial charge in [0, 0.05) is 0 Å². The highest BCUT2D eigenvalue weighted by molar-refractivity contribution is 5.91. The first-order valence-corrected chi connectivity index (χ1v) is 5.69. The molecule has 0 saturated carbocycles. The van der Waals surface area contributed by atoms with Crippen LogP contribution in [0.4, 0.5) is 4.39 Å². The molecule has 0 amide bonds. The van der Waals surface area contributed by atoms with Crippen LogP contribution in [-0.2, 0) is 0 Å². The molecule has 6 heteroatoms. The number of hydrogen-bond donors (Lipinski definition) is 1. The average Bonchev–Trinajstić information content (AvgIpc) is 2.82. The van der Waals surface area contributed by atoms with Gasteiger partial charge in [-0.25, -0.2) is 9.18 Å². The molecule has 20 heavy (non-hydrogen) atoms. The largest absolute Gasteiger partial charge is 0.478 e. The number of hydrogen-bond acceptors (Lipinski definition) is 4. The highest BCUT2D eigenvalue weighted by atomic mass is 19.1. The molecule has 100 valence electrons. The molecule has 1 heterocycles. The van der Waals surface area contributed by atoms with E-state index in [4.69, 9.17) is 14.3 Å². The first-order valence-electron chi connectivity index (χ1n) is 5.69. The van der Waals surface area contributed by atoms with Gasteiger partial charge in [-0.15, -0.1) is 0 Å². The average molecular weight is 273 g/mol. The first-order chi connectivity index (χ1) is 9.61. The second kappa shape index (κ2) is 4.65. The zero-order chi connectivity index (χ0) is 14.1. The predicted octanol–water partition coefficient (Wildman–Crippen LogP) is 3.46. The van der Waals surface area contributed by atoms with E-state index in [1.54, 1.807) is 0 Å². The number of fused-ring (bicyclic) bond motifs is 1. The molecule has 3 rings (SSSR count). The molecule has 0 fully saturated rings. The maximum absolute atomic E-state index is 12.8. The maximum atomic E-state index is 12.8. The summed E-state index contributed by atoms with van der Waals surface area (Å²) in [6.45, 7) is 0. The standard InChI is InChI=1S/C14H8FNO4/c15-9-2-4-10(5-3-9)19-14-16-11-6-1-8(13(17)18)7-12(11)20-14/h1-7H,(H,17,18). The molecule has 0 spiro atoms. The minimum atomic E-state index is -1.05. The third kappa shape index (κ3) is 2.31. The minimum absolute atomic E-state index is 0.0332. The van der Waals surface area contributed by atoms with Crippen LogP contribution in [-0.4, -0.2) is 16.1 Å². The van der Waals surface area contributed by atoms with Crippen LogP contribution in [0, 0.1) is 5.82 Å². The maximum Gasteiger partial charge on any atom is 0.400 e. The SMILES string of the molecule is O=C(O)c1ccc2nc(Oc3ccc(F)cc3)oc2c1. The fourth-order valence-electron chi connectivity index (χ4n) is 1.68. The summed E-state index contributed by atoms with van der Waals surface area (Å²) in [6, 6.07) is 9.69. The zero-order valence-electron chi connectivity index (χ0n) is 10.0. The van der Waals surface area contributed by atoms with Gasteiger partial charge >= 0.3 is 12.0 Å². The number of benzene rings is 2. The quantitative estimate of drug-likeness (QED) is 0.791. The van der Waals surface area contributed by atoms with Gasteiger partial charge < -0.3 is 14.3 Å². The van der Waals surface area contributed by atoms with E-state index in [-0.39, 0.29) is 17.5 Å². The van der Waals surface area contributed by atoms with Crippen molar-refractivity contribution < 1.29 is 23.4 Å². The minimum Gasteiger partial charge on any atom is -0.478 e. The van der Waals surface area contributed by atoms with Crippen molar-refractivity contribution in [3.8, 4) is 11.8 Å². The Morgan fingerprint density at radius 2 is 1.95 bits per heavy atom. The summed E-state index contributed by atoms with van der Waals surface area (Å²) in [6.07, 6.45) is -0.0332. The molecule has 0 saturated heterocycles. The van der Waals surface area contributed by atoms with Crippen molar-refractivity contribution in [3.05, 3.63) is 53.8 Å². The molecular weight excluding hydrogens is 265 g/mol. The molecule has 3 aromatic rings. The Bertz CT molecular complexity index is 779. The zero-order valence-corrected chi connectivity index (χ0v) is 10.0. The number of halogens is 1. The molecule has 5 nitrogen and oxygen atoms in total. The fraction of sp³-hybridized carbons (Fsp3) is 0. The number of aromatic carboxylic acids is 1. The van der Waals surface area contributed by atoms with E-state index in [0.29, 0.717) is 16.8 Å². The van der Waals surface area contributed by atoms with Gasteiger partial charge in [0.15, 0.2) is 5.58 Å². The van der Waals surface area contributed by atoms with E-state index in [1.807, 2.05) is 0 Å². The monoisotopic (exact) mass is 273 g/mol. The third-order valence-corrected chi connectivity index (χ3v) is 2.63. The normalized spacial score (nSPS) is 10.7. The van der Waals surface area contributed by atoms with Gasteiger partial charge in [0.05, 0.1) is 5.56 Å². The predicted molar refractivity (Wildman–Crippen MR) is 67.4 cm³/mol. The Morgan fingerprint density at radius 1 is 1.20 bits per heavy atom. The first kappa shape index (κ1) is 12.2. The molecule has 2 aromatic carbocycles. The molecule has 0 radical (unpaired) electrons. The number of carboxylic acids is 1. The molecule has 0 bridgehead atoms. The van der Waals surface area contributed by atoms with Gasteiger partial charge in [0.2, 0.25) is 0 Å². The van der Waals surface area contributed by atoms with Crippen molar-refractivity contribution >= 4 is 17.1 Å². The van der Waals surface area contributed by atoms with Gasteiger partial charge in [0.1, 0.15) is 17.1 Å². The number of nitrogens with zero attached hydrogens (tertiary/aromatic N) is 1. The number of carboxylic acid groups (broad SMARTS) is 1. The summed E-state index contributed by atoms with van der Waals surface area (Å²) in [7, 11) is 0. The van der Waals surface area contributed by atoms with E-state index in [2.05, 4.69) is 4.98 Å². The molecule has 1 N–H and O–H groups in total. The van der Waals surface area contributed by atoms with Crippen LogP contribution in [0.3, 0.4) is 0 Å². The molecule has 0 aliphatic carbocycles. The summed E-state index contributed by atoms with van der Waals surface area (Å²) in [5, 5.41) is 8.88. The summed E-state index contributed by atoms with van der Waals surface area (Å²) in [4.78, 5) is 14.9. The second-order valence-corrected chi connectivity index (χ2v) is 4.02. The van der Waals surface area contributed by atoms with Crippen molar-refractivity contribution in [1.82, 2.24) is 4.98 Å². The van der Waals surface area contributed by atoms with Crippen LogP contribution >= 0.6 is 0 Å². The lowest BCUT2D eigenvalue weighted by molar-refractivity contribution is 0.0697. The second-order valence-electron chi connectivity index (χ2n) is 4.02. The smallest absolute Gasteiger partial charge is 0.400 e. The van der Waals surface area contributed by atoms with Crippen molar-refractivity contribution in [2.75, 3.05) is 0 Å². The van der Waals surface area contributed by atoms with Crippen LogP contribution < -0.4 is 4.74 Å². The Balaban J connectivity index is 1.92. The number of ether oxygens (including phenoxy) is 1. The van der Waals surface area contributed by atoms with Gasteiger partial charge in [-0.05, 0) is 42.5 Å². The van der Waals surface area contributed by atoms with E-state index >= 15 is 0 Å². The number of carbonyl (C=O) groups is 1. The Hall–Kier alpha value is -2.89. The summed E-state index contributed by atoms with van der Waals surface area (Å²) >= 11 is 0. The molecule has 0 aliphatic rings. The van der Waals surface area contributed by atoms with Crippen LogP contribution in [0.25, 0.3) is 11.1 Å². The Kier molecular flexibility index (Phi) is 2.83. The highest BCUT2D eigenvalue weighted by Gasteiger charge is 2.11. The van der Waals surface area contributed by atoms with Gasteiger partial charge in [-0.3, -0.25) is 0 Å². The lowest BCUT2D eigenvalue weighted by Crippen LogP contribution is -1.94. The van der Waals surface area contributed by atoms with Crippen molar-refractivity contribution in [3.63, 3.8) is 0 Å². The van der Waals surface area contributed by atoms with E-state index < -0.39 is 5.97 Å². The van der Waals surface area contributed by atoms with Crippen LogP contribution in [0.1, 0.15) is 10.4 Å². The highest BCUT2D eigenvalue weighted by Crippen LogP contribution is 2.26. The van der Waals surface area contributed by atoms with Gasteiger partial charge in [-0.1, -0.05) is 0 Å².